The minimum Gasteiger partial charge on any atom is -0.477 e. The average molecular weight is 292 g/mol. The summed E-state index contributed by atoms with van der Waals surface area (Å²) < 4.78 is 10.2. The predicted octanol–water partition coefficient (Wildman–Crippen LogP) is 1.46. The SMILES string of the molecule is O=C(O)c1c(NCCOCCO)noc1-c1ccccc1. The smallest absolute Gasteiger partial charge is 0.343 e. The molecule has 0 aliphatic rings. The molecule has 0 fully saturated rings. The van der Waals surface area contributed by atoms with Crippen molar-refractivity contribution in [3.8, 4) is 11.3 Å². The molecule has 0 atom stereocenters. The number of aliphatic hydroxyl groups is 1. The normalized spacial score (nSPS) is 10.5. The first-order chi connectivity index (χ1) is 10.2. The van der Waals surface area contributed by atoms with Crippen LogP contribution in [-0.4, -0.2) is 47.7 Å². The molecule has 0 radical (unpaired) electrons. The first kappa shape index (κ1) is 15.0. The van der Waals surface area contributed by atoms with Gasteiger partial charge in [0.15, 0.2) is 17.1 Å². The molecule has 21 heavy (non-hydrogen) atoms. The fourth-order valence-electron chi connectivity index (χ4n) is 1.80. The van der Waals surface area contributed by atoms with Crippen LogP contribution in [0.5, 0.6) is 0 Å². The molecule has 0 amide bonds. The van der Waals surface area contributed by atoms with E-state index >= 15 is 0 Å². The van der Waals surface area contributed by atoms with Crippen molar-refractivity contribution >= 4 is 11.8 Å². The lowest BCUT2D eigenvalue weighted by atomic mass is 10.1. The second-order valence-electron chi connectivity index (χ2n) is 4.17. The van der Waals surface area contributed by atoms with Gasteiger partial charge in [-0.05, 0) is 0 Å². The van der Waals surface area contributed by atoms with Crippen LogP contribution in [0.15, 0.2) is 34.9 Å². The molecule has 1 aromatic heterocycles. The van der Waals surface area contributed by atoms with Crippen molar-refractivity contribution in [3.63, 3.8) is 0 Å². The number of benzene rings is 1. The van der Waals surface area contributed by atoms with E-state index < -0.39 is 5.97 Å². The summed E-state index contributed by atoms with van der Waals surface area (Å²) in [6.45, 7) is 0.873. The van der Waals surface area contributed by atoms with E-state index in [0.29, 0.717) is 18.7 Å². The number of aromatic nitrogens is 1. The molecule has 112 valence electrons. The largest absolute Gasteiger partial charge is 0.477 e. The quantitative estimate of drug-likeness (QED) is 0.632. The molecule has 0 aliphatic heterocycles. The summed E-state index contributed by atoms with van der Waals surface area (Å²) in [5.41, 5.74) is 0.635. The summed E-state index contributed by atoms with van der Waals surface area (Å²) in [5, 5.41) is 24.5. The second-order valence-corrected chi connectivity index (χ2v) is 4.17. The van der Waals surface area contributed by atoms with Gasteiger partial charge in [-0.3, -0.25) is 0 Å². The summed E-state index contributed by atoms with van der Waals surface area (Å²) in [6.07, 6.45) is 0. The summed E-state index contributed by atoms with van der Waals surface area (Å²) in [5.74, 6) is -0.746. The van der Waals surface area contributed by atoms with Gasteiger partial charge in [0.2, 0.25) is 0 Å². The van der Waals surface area contributed by atoms with E-state index in [1.165, 1.54) is 0 Å². The first-order valence-corrected chi connectivity index (χ1v) is 6.45. The summed E-state index contributed by atoms with van der Waals surface area (Å²) >= 11 is 0. The van der Waals surface area contributed by atoms with Gasteiger partial charge in [0, 0.05) is 12.1 Å². The Balaban J connectivity index is 2.12. The number of aliphatic hydroxyl groups excluding tert-OH is 1. The number of anilines is 1. The van der Waals surface area contributed by atoms with Crippen LogP contribution in [0.4, 0.5) is 5.82 Å². The zero-order chi connectivity index (χ0) is 15.1. The van der Waals surface area contributed by atoms with Crippen LogP contribution in [0.25, 0.3) is 11.3 Å². The number of carboxylic acids is 1. The average Bonchev–Trinajstić information content (AvgIpc) is 2.92. The first-order valence-electron chi connectivity index (χ1n) is 6.45. The van der Waals surface area contributed by atoms with Crippen molar-refractivity contribution in [1.82, 2.24) is 5.16 Å². The fourth-order valence-corrected chi connectivity index (χ4v) is 1.80. The van der Waals surface area contributed by atoms with E-state index in [0.717, 1.165) is 0 Å². The molecule has 0 bridgehead atoms. The molecule has 0 saturated carbocycles. The van der Waals surface area contributed by atoms with Gasteiger partial charge in [0.05, 0.1) is 19.8 Å². The molecule has 0 spiro atoms. The monoisotopic (exact) mass is 292 g/mol. The van der Waals surface area contributed by atoms with Crippen molar-refractivity contribution in [2.24, 2.45) is 0 Å². The number of ether oxygens (including phenoxy) is 1. The van der Waals surface area contributed by atoms with Crippen molar-refractivity contribution in [2.45, 2.75) is 0 Å². The number of aromatic carboxylic acids is 1. The third-order valence-corrected chi connectivity index (χ3v) is 2.72. The highest BCUT2D eigenvalue weighted by atomic mass is 16.5. The molecule has 1 heterocycles. The molecule has 1 aromatic carbocycles. The van der Waals surface area contributed by atoms with Crippen LogP contribution in [-0.2, 0) is 4.74 Å². The highest BCUT2D eigenvalue weighted by Crippen LogP contribution is 2.28. The molecular weight excluding hydrogens is 276 g/mol. The lowest BCUT2D eigenvalue weighted by Crippen LogP contribution is -2.13. The van der Waals surface area contributed by atoms with Gasteiger partial charge in [0.1, 0.15) is 0 Å². The lowest BCUT2D eigenvalue weighted by Gasteiger charge is -2.04. The van der Waals surface area contributed by atoms with Gasteiger partial charge in [-0.1, -0.05) is 35.5 Å². The number of carbonyl (C=O) groups is 1. The van der Waals surface area contributed by atoms with Gasteiger partial charge in [-0.2, -0.15) is 0 Å². The van der Waals surface area contributed by atoms with Crippen LogP contribution in [0.3, 0.4) is 0 Å². The lowest BCUT2D eigenvalue weighted by molar-refractivity contribution is 0.0698. The molecule has 3 N–H and O–H groups in total. The summed E-state index contributed by atoms with van der Waals surface area (Å²) in [7, 11) is 0. The van der Waals surface area contributed by atoms with E-state index in [1.807, 2.05) is 6.07 Å². The van der Waals surface area contributed by atoms with Gasteiger partial charge in [0.25, 0.3) is 0 Å². The predicted molar refractivity (Wildman–Crippen MR) is 75.3 cm³/mol. The van der Waals surface area contributed by atoms with Gasteiger partial charge in [-0.25, -0.2) is 4.79 Å². The number of hydrogen-bond donors (Lipinski definition) is 3. The van der Waals surface area contributed by atoms with Crippen molar-refractivity contribution in [1.29, 1.82) is 0 Å². The molecule has 0 aliphatic carbocycles. The van der Waals surface area contributed by atoms with Crippen LogP contribution in [0, 0.1) is 0 Å². The number of carboxylic acid groups (broad SMARTS) is 1. The van der Waals surface area contributed by atoms with Gasteiger partial charge in [-0.15, -0.1) is 0 Å². The Kier molecular flexibility index (Phi) is 5.30. The van der Waals surface area contributed by atoms with Crippen molar-refractivity contribution in [3.05, 3.63) is 35.9 Å². The molecule has 2 aromatic rings. The highest BCUT2D eigenvalue weighted by Gasteiger charge is 2.23. The van der Waals surface area contributed by atoms with Crippen molar-refractivity contribution in [2.75, 3.05) is 31.7 Å². The Labute approximate surface area is 121 Å². The number of rotatable bonds is 8. The van der Waals surface area contributed by atoms with E-state index in [2.05, 4.69) is 10.5 Å². The van der Waals surface area contributed by atoms with E-state index in [9.17, 15) is 9.90 Å². The van der Waals surface area contributed by atoms with E-state index in [1.54, 1.807) is 24.3 Å². The standard InChI is InChI=1S/C14H16N2O5/c17-7-9-20-8-6-15-13-11(14(18)19)12(21-16-13)10-4-2-1-3-5-10/h1-5,17H,6-9H2,(H,15,16)(H,18,19). The van der Waals surface area contributed by atoms with Crippen molar-refractivity contribution < 1.29 is 24.3 Å². The molecule has 0 saturated heterocycles. The second kappa shape index (κ2) is 7.41. The Morgan fingerprint density at radius 1 is 1.29 bits per heavy atom. The van der Waals surface area contributed by atoms with Gasteiger partial charge >= 0.3 is 5.97 Å². The Morgan fingerprint density at radius 2 is 2.05 bits per heavy atom. The number of hydrogen-bond acceptors (Lipinski definition) is 6. The molecule has 7 nitrogen and oxygen atoms in total. The maximum absolute atomic E-state index is 11.4. The number of nitrogens with one attached hydrogen (secondary N) is 1. The molecule has 2 rings (SSSR count). The number of nitrogens with zero attached hydrogens (tertiary/aromatic N) is 1. The minimum atomic E-state index is -1.12. The van der Waals surface area contributed by atoms with E-state index in [-0.39, 0.29) is 30.4 Å². The maximum Gasteiger partial charge on any atom is 0.343 e. The maximum atomic E-state index is 11.4. The van der Waals surface area contributed by atoms with Crippen LogP contribution in [0.2, 0.25) is 0 Å². The van der Waals surface area contributed by atoms with E-state index in [4.69, 9.17) is 14.4 Å². The summed E-state index contributed by atoms with van der Waals surface area (Å²) in [4.78, 5) is 11.4. The van der Waals surface area contributed by atoms with Crippen LogP contribution < -0.4 is 5.32 Å². The zero-order valence-electron chi connectivity index (χ0n) is 11.3. The highest BCUT2D eigenvalue weighted by molar-refractivity contribution is 5.99. The zero-order valence-corrected chi connectivity index (χ0v) is 11.3. The molecule has 0 unspecified atom stereocenters. The Hall–Kier alpha value is -2.38. The minimum absolute atomic E-state index is 0.0108. The third kappa shape index (κ3) is 3.80. The Bertz CT molecular complexity index is 582. The topological polar surface area (TPSA) is 105 Å². The Morgan fingerprint density at radius 3 is 2.71 bits per heavy atom. The van der Waals surface area contributed by atoms with Crippen LogP contribution >= 0.6 is 0 Å². The third-order valence-electron chi connectivity index (χ3n) is 2.72. The van der Waals surface area contributed by atoms with Gasteiger partial charge < -0.3 is 24.8 Å². The molecule has 7 heteroatoms. The molecular formula is C14H16N2O5. The fraction of sp³-hybridized carbons (Fsp3) is 0.286. The summed E-state index contributed by atoms with van der Waals surface area (Å²) in [6, 6.07) is 8.92. The van der Waals surface area contributed by atoms with Crippen LogP contribution in [0.1, 0.15) is 10.4 Å².